The summed E-state index contributed by atoms with van der Waals surface area (Å²) in [5.41, 5.74) is 6.36. The van der Waals surface area contributed by atoms with Crippen molar-refractivity contribution >= 4 is 5.91 Å². The van der Waals surface area contributed by atoms with Crippen molar-refractivity contribution in [3.63, 3.8) is 0 Å². The highest BCUT2D eigenvalue weighted by molar-refractivity contribution is 5.75. The Bertz CT molecular complexity index is 505. The molecule has 20 heavy (non-hydrogen) atoms. The van der Waals surface area contributed by atoms with Crippen molar-refractivity contribution in [2.75, 3.05) is 19.6 Å². The van der Waals surface area contributed by atoms with Crippen LogP contribution in [-0.2, 0) is 11.2 Å². The second-order valence-electron chi connectivity index (χ2n) is 6.26. The van der Waals surface area contributed by atoms with Crippen molar-refractivity contribution in [3.8, 4) is 0 Å². The maximum absolute atomic E-state index is 13.3. The summed E-state index contributed by atoms with van der Waals surface area (Å²) in [6.45, 7) is 2.33. The number of rotatable bonds is 4. The van der Waals surface area contributed by atoms with Crippen LogP contribution in [0.1, 0.15) is 18.4 Å². The molecule has 108 valence electrons. The summed E-state index contributed by atoms with van der Waals surface area (Å²) >= 11 is 0. The number of likely N-dealkylation sites (tertiary alicyclic amines) is 1. The van der Waals surface area contributed by atoms with Gasteiger partial charge >= 0.3 is 0 Å². The zero-order chi connectivity index (χ0) is 14.1. The Morgan fingerprint density at radius 2 is 2.20 bits per heavy atom. The summed E-state index contributed by atoms with van der Waals surface area (Å²) in [5.74, 6) is 1.54. The van der Waals surface area contributed by atoms with Crippen LogP contribution in [0.5, 0.6) is 0 Å². The summed E-state index contributed by atoms with van der Waals surface area (Å²) in [5, 5.41) is 0. The maximum Gasteiger partial charge on any atom is 0.231 e. The summed E-state index contributed by atoms with van der Waals surface area (Å²) in [6, 6.07) is 6.92. The second kappa shape index (κ2) is 5.52. The normalized spacial score (nSPS) is 29.6. The van der Waals surface area contributed by atoms with Crippen LogP contribution in [0.3, 0.4) is 0 Å². The summed E-state index contributed by atoms with van der Waals surface area (Å²) in [7, 11) is 0. The minimum atomic E-state index is -0.244. The Morgan fingerprint density at radius 1 is 1.35 bits per heavy atom. The first-order valence-corrected chi connectivity index (χ1v) is 7.37. The molecule has 0 spiro atoms. The van der Waals surface area contributed by atoms with Gasteiger partial charge in [-0.25, -0.2) is 4.39 Å². The third kappa shape index (κ3) is 2.85. The predicted octanol–water partition coefficient (Wildman–Crippen LogP) is 1.81. The number of benzene rings is 1. The number of hydrogen-bond acceptors (Lipinski definition) is 2. The third-order valence-electron chi connectivity index (χ3n) is 4.85. The van der Waals surface area contributed by atoms with E-state index in [0.29, 0.717) is 24.3 Å². The lowest BCUT2D eigenvalue weighted by Crippen LogP contribution is -2.33. The molecule has 1 heterocycles. The Labute approximate surface area is 118 Å². The van der Waals surface area contributed by atoms with Gasteiger partial charge in [0.2, 0.25) is 5.91 Å². The van der Waals surface area contributed by atoms with Crippen LogP contribution in [0, 0.1) is 23.6 Å². The molecule has 3 atom stereocenters. The third-order valence-corrected chi connectivity index (χ3v) is 4.85. The Hall–Kier alpha value is -1.42. The van der Waals surface area contributed by atoms with E-state index in [2.05, 4.69) is 4.90 Å². The number of hydrogen-bond donors (Lipinski definition) is 1. The average Bonchev–Trinajstić information content (AvgIpc) is 2.90. The first-order valence-electron chi connectivity index (χ1n) is 7.37. The first kappa shape index (κ1) is 13.6. The van der Waals surface area contributed by atoms with E-state index in [-0.39, 0.29) is 11.7 Å². The molecule has 0 unspecified atom stereocenters. The molecule has 1 aliphatic carbocycles. The largest absolute Gasteiger partial charge is 0.369 e. The standard InChI is InChI=1S/C16H21FN2O/c17-14-3-1-2-11(7-14)6-12-4-5-13-8-19(9-15(12)13)10-16(18)20/h1-3,7,12-13,15H,4-6,8-10H2,(H2,18,20)/t12-,13-,15-/m1/s1. The number of carbonyl (C=O) groups excluding carboxylic acids is 1. The van der Waals surface area contributed by atoms with Crippen molar-refractivity contribution in [2.45, 2.75) is 19.3 Å². The van der Waals surface area contributed by atoms with Crippen LogP contribution in [0.4, 0.5) is 4.39 Å². The van der Waals surface area contributed by atoms with Crippen LogP contribution < -0.4 is 5.73 Å². The maximum atomic E-state index is 13.3. The molecule has 1 aromatic rings. The molecular formula is C16H21FN2O. The molecular weight excluding hydrogens is 255 g/mol. The molecule has 4 heteroatoms. The van der Waals surface area contributed by atoms with Crippen LogP contribution in [-0.4, -0.2) is 30.4 Å². The lowest BCUT2D eigenvalue weighted by Gasteiger charge is -2.20. The molecule has 1 saturated carbocycles. The van der Waals surface area contributed by atoms with E-state index in [9.17, 15) is 9.18 Å². The van der Waals surface area contributed by atoms with Gasteiger partial charge in [-0.2, -0.15) is 0 Å². The lowest BCUT2D eigenvalue weighted by atomic mass is 9.87. The van der Waals surface area contributed by atoms with Crippen molar-refractivity contribution < 1.29 is 9.18 Å². The fraction of sp³-hybridized carbons (Fsp3) is 0.562. The number of carbonyl (C=O) groups is 1. The van der Waals surface area contributed by atoms with E-state index >= 15 is 0 Å². The summed E-state index contributed by atoms with van der Waals surface area (Å²) < 4.78 is 13.3. The molecule has 2 N–H and O–H groups in total. The van der Waals surface area contributed by atoms with Gasteiger partial charge in [-0.15, -0.1) is 0 Å². The van der Waals surface area contributed by atoms with Crippen LogP contribution in [0.15, 0.2) is 24.3 Å². The van der Waals surface area contributed by atoms with Crippen molar-refractivity contribution in [1.82, 2.24) is 4.90 Å². The highest BCUT2D eigenvalue weighted by atomic mass is 19.1. The van der Waals surface area contributed by atoms with E-state index in [1.54, 1.807) is 12.1 Å². The van der Waals surface area contributed by atoms with E-state index in [4.69, 9.17) is 5.73 Å². The van der Waals surface area contributed by atoms with E-state index in [0.717, 1.165) is 25.1 Å². The van der Waals surface area contributed by atoms with Gasteiger partial charge in [0, 0.05) is 13.1 Å². The Morgan fingerprint density at radius 3 is 2.95 bits per heavy atom. The highest BCUT2D eigenvalue weighted by Gasteiger charge is 2.42. The van der Waals surface area contributed by atoms with Gasteiger partial charge in [-0.05, 0) is 54.7 Å². The number of primary amides is 1. The Kier molecular flexibility index (Phi) is 3.74. The second-order valence-corrected chi connectivity index (χ2v) is 6.26. The summed E-state index contributed by atoms with van der Waals surface area (Å²) in [6.07, 6.45) is 3.39. The van der Waals surface area contributed by atoms with Crippen LogP contribution in [0.25, 0.3) is 0 Å². The smallest absolute Gasteiger partial charge is 0.231 e. The lowest BCUT2D eigenvalue weighted by molar-refractivity contribution is -0.119. The predicted molar refractivity (Wildman–Crippen MR) is 75.4 cm³/mol. The molecule has 0 aromatic heterocycles. The van der Waals surface area contributed by atoms with E-state index in [1.807, 2.05) is 6.07 Å². The van der Waals surface area contributed by atoms with Gasteiger partial charge in [-0.1, -0.05) is 12.1 Å². The summed E-state index contributed by atoms with van der Waals surface area (Å²) in [4.78, 5) is 13.2. The molecule has 1 saturated heterocycles. The van der Waals surface area contributed by atoms with Crippen molar-refractivity contribution in [1.29, 1.82) is 0 Å². The SMILES string of the molecule is NC(=O)CN1C[C@H]2CC[C@H](Cc3cccc(F)c3)[C@H]2C1. The molecule has 0 bridgehead atoms. The van der Waals surface area contributed by atoms with Crippen LogP contribution in [0.2, 0.25) is 0 Å². The molecule has 2 fully saturated rings. The fourth-order valence-corrected chi connectivity index (χ4v) is 4.04. The monoisotopic (exact) mass is 276 g/mol. The molecule has 2 aliphatic rings. The van der Waals surface area contributed by atoms with Gasteiger partial charge in [0.1, 0.15) is 5.82 Å². The molecule has 3 nitrogen and oxygen atoms in total. The number of fused-ring (bicyclic) bond motifs is 1. The van der Waals surface area contributed by atoms with Gasteiger partial charge in [0.05, 0.1) is 6.54 Å². The van der Waals surface area contributed by atoms with Gasteiger partial charge in [0.25, 0.3) is 0 Å². The minimum Gasteiger partial charge on any atom is -0.369 e. The van der Waals surface area contributed by atoms with E-state index < -0.39 is 0 Å². The Balaban J connectivity index is 1.63. The van der Waals surface area contributed by atoms with E-state index in [1.165, 1.54) is 18.9 Å². The molecule has 1 amide bonds. The quantitative estimate of drug-likeness (QED) is 0.911. The van der Waals surface area contributed by atoms with Crippen molar-refractivity contribution in [3.05, 3.63) is 35.6 Å². The fourth-order valence-electron chi connectivity index (χ4n) is 4.04. The first-order chi connectivity index (χ1) is 9.61. The molecule has 1 aliphatic heterocycles. The number of amides is 1. The zero-order valence-electron chi connectivity index (χ0n) is 11.6. The average molecular weight is 276 g/mol. The van der Waals surface area contributed by atoms with Gasteiger partial charge in [0.15, 0.2) is 0 Å². The highest BCUT2D eigenvalue weighted by Crippen LogP contribution is 2.43. The molecule has 3 rings (SSSR count). The number of halogens is 1. The topological polar surface area (TPSA) is 46.3 Å². The van der Waals surface area contributed by atoms with Gasteiger partial charge < -0.3 is 5.73 Å². The zero-order valence-corrected chi connectivity index (χ0v) is 11.6. The number of nitrogens with zero attached hydrogens (tertiary/aromatic N) is 1. The van der Waals surface area contributed by atoms with Crippen LogP contribution >= 0.6 is 0 Å². The molecule has 1 aromatic carbocycles. The number of nitrogens with two attached hydrogens (primary N) is 1. The van der Waals surface area contributed by atoms with Crippen molar-refractivity contribution in [2.24, 2.45) is 23.5 Å². The minimum absolute atomic E-state index is 0.154. The van der Waals surface area contributed by atoms with Gasteiger partial charge in [-0.3, -0.25) is 9.69 Å². The molecule has 0 radical (unpaired) electrons.